The van der Waals surface area contributed by atoms with E-state index < -0.39 is 4.92 Å². The highest BCUT2D eigenvalue weighted by atomic mass is 79.9. The molecule has 1 aromatic heterocycles. The lowest BCUT2D eigenvalue weighted by Gasteiger charge is -2.04. The zero-order valence-electron chi connectivity index (χ0n) is 9.54. The van der Waals surface area contributed by atoms with Crippen LogP contribution in [-0.2, 0) is 13.6 Å². The highest BCUT2D eigenvalue weighted by Crippen LogP contribution is 2.23. The maximum absolute atomic E-state index is 11.7. The number of imidazole rings is 1. The Morgan fingerprint density at radius 1 is 1.39 bits per heavy atom. The first-order chi connectivity index (χ1) is 8.49. The normalized spacial score (nSPS) is 10.6. The predicted octanol–water partition coefficient (Wildman–Crippen LogP) is 1.91. The Bertz CT molecular complexity index is 660. The van der Waals surface area contributed by atoms with E-state index in [1.54, 1.807) is 25.5 Å². The van der Waals surface area contributed by atoms with Crippen molar-refractivity contribution in [3.63, 3.8) is 0 Å². The highest BCUT2D eigenvalue weighted by molar-refractivity contribution is 9.10. The molecule has 1 aromatic carbocycles. The number of rotatable bonds is 3. The van der Waals surface area contributed by atoms with Gasteiger partial charge in [0.05, 0.1) is 11.5 Å². The van der Waals surface area contributed by atoms with E-state index in [4.69, 9.17) is 0 Å². The van der Waals surface area contributed by atoms with Crippen molar-refractivity contribution in [2.75, 3.05) is 0 Å². The van der Waals surface area contributed by atoms with Gasteiger partial charge >= 0.3 is 5.69 Å². The molecule has 0 amide bonds. The first kappa shape index (κ1) is 12.6. The van der Waals surface area contributed by atoms with E-state index in [1.165, 1.54) is 21.3 Å². The first-order valence-electron chi connectivity index (χ1n) is 5.13. The molecule has 18 heavy (non-hydrogen) atoms. The van der Waals surface area contributed by atoms with Gasteiger partial charge in [-0.15, -0.1) is 0 Å². The van der Waals surface area contributed by atoms with Gasteiger partial charge in [-0.25, -0.2) is 4.79 Å². The summed E-state index contributed by atoms with van der Waals surface area (Å²) in [5.41, 5.74) is 0.709. The molecule has 7 heteroatoms. The maximum atomic E-state index is 11.7. The molecule has 0 N–H and O–H groups in total. The summed E-state index contributed by atoms with van der Waals surface area (Å²) in [4.78, 5) is 21.8. The molecule has 6 nitrogen and oxygen atoms in total. The SMILES string of the molecule is Cn1ccn(Cc2ccc([N+](=O)[O-])cc2Br)c1=O. The van der Waals surface area contributed by atoms with E-state index in [0.717, 1.165) is 5.56 Å². The third-order valence-corrected chi connectivity index (χ3v) is 3.34. The molecule has 0 spiro atoms. The molecule has 0 saturated carbocycles. The Labute approximate surface area is 111 Å². The second-order valence-corrected chi connectivity index (χ2v) is 4.71. The first-order valence-corrected chi connectivity index (χ1v) is 5.93. The van der Waals surface area contributed by atoms with E-state index in [-0.39, 0.29) is 11.4 Å². The van der Waals surface area contributed by atoms with Crippen molar-refractivity contribution in [3.05, 3.63) is 61.2 Å². The fourth-order valence-electron chi connectivity index (χ4n) is 1.59. The summed E-state index contributed by atoms with van der Waals surface area (Å²) in [6.07, 6.45) is 3.35. The molecule has 0 bridgehead atoms. The summed E-state index contributed by atoms with van der Waals surface area (Å²) in [5, 5.41) is 10.6. The van der Waals surface area contributed by atoms with Gasteiger partial charge in [0.1, 0.15) is 0 Å². The molecule has 1 heterocycles. The van der Waals surface area contributed by atoms with Gasteiger partial charge < -0.3 is 4.57 Å². The van der Waals surface area contributed by atoms with Crippen molar-refractivity contribution in [1.29, 1.82) is 0 Å². The van der Waals surface area contributed by atoms with Crippen LogP contribution in [0.3, 0.4) is 0 Å². The van der Waals surface area contributed by atoms with Gasteiger partial charge in [0.2, 0.25) is 0 Å². The summed E-state index contributed by atoms with van der Waals surface area (Å²) in [6, 6.07) is 4.50. The number of non-ortho nitro benzene ring substituents is 1. The molecule has 0 aliphatic carbocycles. The van der Waals surface area contributed by atoms with Gasteiger partial charge in [0.25, 0.3) is 5.69 Å². The van der Waals surface area contributed by atoms with E-state index >= 15 is 0 Å². The summed E-state index contributed by atoms with van der Waals surface area (Å²) >= 11 is 3.28. The lowest BCUT2D eigenvalue weighted by Crippen LogP contribution is -2.22. The zero-order chi connectivity index (χ0) is 13.3. The number of nitro benzene ring substituents is 1. The number of benzene rings is 1. The van der Waals surface area contributed by atoms with Crippen LogP contribution in [0.5, 0.6) is 0 Å². The van der Waals surface area contributed by atoms with Crippen LogP contribution >= 0.6 is 15.9 Å². The van der Waals surface area contributed by atoms with Crippen molar-refractivity contribution in [2.45, 2.75) is 6.54 Å². The van der Waals surface area contributed by atoms with Crippen molar-refractivity contribution in [3.8, 4) is 0 Å². The molecule has 0 aliphatic heterocycles. The fourth-order valence-corrected chi connectivity index (χ4v) is 2.08. The molecule has 0 radical (unpaired) electrons. The Morgan fingerprint density at radius 3 is 2.61 bits per heavy atom. The smallest absolute Gasteiger partial charge is 0.302 e. The average Bonchev–Trinajstić information content (AvgIpc) is 2.63. The van der Waals surface area contributed by atoms with Crippen LogP contribution < -0.4 is 5.69 Å². The van der Waals surface area contributed by atoms with Crippen LogP contribution in [0.2, 0.25) is 0 Å². The van der Waals surface area contributed by atoms with E-state index in [9.17, 15) is 14.9 Å². The van der Waals surface area contributed by atoms with Gasteiger partial charge in [0, 0.05) is 36.0 Å². The monoisotopic (exact) mass is 311 g/mol. The molecule has 0 fully saturated rings. The summed E-state index contributed by atoms with van der Waals surface area (Å²) in [5.74, 6) is 0. The van der Waals surface area contributed by atoms with Gasteiger partial charge in [-0.3, -0.25) is 14.7 Å². The van der Waals surface area contributed by atoms with Crippen LogP contribution in [0.4, 0.5) is 5.69 Å². The molecule has 0 saturated heterocycles. The maximum Gasteiger partial charge on any atom is 0.328 e. The molecular weight excluding hydrogens is 302 g/mol. The average molecular weight is 312 g/mol. The van der Waals surface area contributed by atoms with Crippen LogP contribution in [0.15, 0.2) is 39.9 Å². The Hall–Kier alpha value is -1.89. The molecule has 0 unspecified atom stereocenters. The molecule has 2 aromatic rings. The minimum Gasteiger partial charge on any atom is -0.302 e. The number of nitro groups is 1. The predicted molar refractivity (Wildman–Crippen MR) is 69.6 cm³/mol. The number of nitrogens with zero attached hydrogens (tertiary/aromatic N) is 3. The molecule has 0 aliphatic rings. The standard InChI is InChI=1S/C11H10BrN3O3/c1-13-4-5-14(11(13)16)7-8-2-3-9(15(17)18)6-10(8)12/h2-6H,7H2,1H3. The number of halogens is 1. The number of hydrogen-bond donors (Lipinski definition) is 0. The van der Waals surface area contributed by atoms with Gasteiger partial charge in [-0.2, -0.15) is 0 Å². The van der Waals surface area contributed by atoms with Crippen LogP contribution in [0.25, 0.3) is 0 Å². The number of aromatic nitrogens is 2. The quantitative estimate of drug-likeness (QED) is 0.642. The van der Waals surface area contributed by atoms with Gasteiger partial charge in [0.15, 0.2) is 0 Å². The molecular formula is C11H10BrN3O3. The Kier molecular flexibility index (Phi) is 3.33. The van der Waals surface area contributed by atoms with E-state index in [0.29, 0.717) is 11.0 Å². The lowest BCUT2D eigenvalue weighted by atomic mass is 10.2. The molecule has 94 valence electrons. The lowest BCUT2D eigenvalue weighted by molar-refractivity contribution is -0.384. The second-order valence-electron chi connectivity index (χ2n) is 3.85. The fraction of sp³-hybridized carbons (Fsp3) is 0.182. The third-order valence-electron chi connectivity index (χ3n) is 2.61. The highest BCUT2D eigenvalue weighted by Gasteiger charge is 2.10. The minimum atomic E-state index is -0.455. The zero-order valence-corrected chi connectivity index (χ0v) is 11.1. The van der Waals surface area contributed by atoms with Crippen molar-refractivity contribution in [1.82, 2.24) is 9.13 Å². The van der Waals surface area contributed by atoms with Crippen molar-refractivity contribution < 1.29 is 4.92 Å². The largest absolute Gasteiger partial charge is 0.328 e. The number of aryl methyl sites for hydroxylation is 1. The Balaban J connectivity index is 2.33. The molecule has 2 rings (SSSR count). The summed E-state index contributed by atoms with van der Waals surface area (Å²) in [7, 11) is 1.67. The van der Waals surface area contributed by atoms with Crippen LogP contribution in [-0.4, -0.2) is 14.1 Å². The van der Waals surface area contributed by atoms with Crippen molar-refractivity contribution in [2.24, 2.45) is 7.05 Å². The van der Waals surface area contributed by atoms with E-state index in [2.05, 4.69) is 15.9 Å². The minimum absolute atomic E-state index is 0.0195. The van der Waals surface area contributed by atoms with Crippen molar-refractivity contribution >= 4 is 21.6 Å². The number of hydrogen-bond acceptors (Lipinski definition) is 3. The van der Waals surface area contributed by atoms with E-state index in [1.807, 2.05) is 0 Å². The second kappa shape index (κ2) is 4.77. The van der Waals surface area contributed by atoms with Crippen LogP contribution in [0.1, 0.15) is 5.56 Å². The third kappa shape index (κ3) is 2.35. The Morgan fingerprint density at radius 2 is 2.11 bits per heavy atom. The topological polar surface area (TPSA) is 70.1 Å². The molecule has 0 atom stereocenters. The van der Waals surface area contributed by atoms with Gasteiger partial charge in [-0.05, 0) is 11.6 Å². The summed E-state index contributed by atoms with van der Waals surface area (Å²) < 4.78 is 3.62. The van der Waals surface area contributed by atoms with Gasteiger partial charge in [-0.1, -0.05) is 15.9 Å². The summed E-state index contributed by atoms with van der Waals surface area (Å²) in [6.45, 7) is 0.373. The van der Waals surface area contributed by atoms with Crippen LogP contribution in [0, 0.1) is 10.1 Å².